The highest BCUT2D eigenvalue weighted by Gasteiger charge is 2.41. The number of alkyl halides is 4. The van der Waals surface area contributed by atoms with Crippen molar-refractivity contribution in [2.75, 3.05) is 13.2 Å². The van der Waals surface area contributed by atoms with Gasteiger partial charge in [0.1, 0.15) is 18.9 Å². The first-order valence-corrected chi connectivity index (χ1v) is 6.07. The van der Waals surface area contributed by atoms with Gasteiger partial charge in [0.2, 0.25) is 5.78 Å². The molecule has 0 spiro atoms. The topological polar surface area (TPSA) is 44.1 Å². The first kappa shape index (κ1) is 16.1. The van der Waals surface area contributed by atoms with Gasteiger partial charge in [0.25, 0.3) is 0 Å². The van der Waals surface area contributed by atoms with Crippen LogP contribution in [0.5, 0.6) is 0 Å². The Bertz CT molecular complexity index is 451. The van der Waals surface area contributed by atoms with E-state index in [1.165, 1.54) is 10.9 Å². The van der Waals surface area contributed by atoms with Crippen molar-refractivity contribution in [3.63, 3.8) is 0 Å². The number of ketones is 1. The Morgan fingerprint density at radius 3 is 2.74 bits per heavy atom. The maximum Gasteiger partial charge on any atom is 0.330 e. The Hall–Kier alpha value is -0.960. The summed E-state index contributed by atoms with van der Waals surface area (Å²) in [6, 6.07) is 0. The summed E-state index contributed by atoms with van der Waals surface area (Å²) in [7, 11) is 0. The highest BCUT2D eigenvalue weighted by molar-refractivity contribution is 9.10. The lowest BCUT2D eigenvalue weighted by atomic mass is 10.3. The molecule has 0 saturated heterocycles. The van der Waals surface area contributed by atoms with E-state index in [0.29, 0.717) is 11.0 Å². The number of ether oxygens (including phenoxy) is 1. The van der Waals surface area contributed by atoms with Crippen LogP contribution in [0.25, 0.3) is 0 Å². The van der Waals surface area contributed by atoms with Crippen LogP contribution in [0, 0.1) is 0 Å². The lowest BCUT2D eigenvalue weighted by molar-refractivity contribution is -0.163. The fourth-order valence-electron chi connectivity index (χ4n) is 1.29. The van der Waals surface area contributed by atoms with E-state index in [9.17, 15) is 22.4 Å². The summed E-state index contributed by atoms with van der Waals surface area (Å²) < 4.78 is 54.9. The zero-order chi connectivity index (χ0) is 14.6. The number of hydrogen-bond donors (Lipinski definition) is 0. The van der Waals surface area contributed by atoms with E-state index in [-0.39, 0.29) is 5.69 Å². The van der Waals surface area contributed by atoms with E-state index < -0.39 is 31.3 Å². The quantitative estimate of drug-likeness (QED) is 0.563. The zero-order valence-corrected chi connectivity index (χ0v) is 11.5. The molecular weight excluding hydrogens is 336 g/mol. The molecule has 0 aliphatic heterocycles. The van der Waals surface area contributed by atoms with Gasteiger partial charge in [-0.25, -0.2) is 8.78 Å². The minimum absolute atomic E-state index is 0.155. The van der Waals surface area contributed by atoms with Crippen LogP contribution in [0.2, 0.25) is 0 Å². The van der Waals surface area contributed by atoms with Crippen molar-refractivity contribution in [3.05, 3.63) is 16.4 Å². The van der Waals surface area contributed by atoms with Gasteiger partial charge < -0.3 is 4.74 Å². The molecule has 0 N–H and O–H groups in total. The number of aryl methyl sites for hydroxylation is 1. The van der Waals surface area contributed by atoms with Gasteiger partial charge in [-0.15, -0.1) is 0 Å². The predicted octanol–water partition coefficient (Wildman–Crippen LogP) is 2.77. The fraction of sp³-hybridized carbons (Fsp3) is 0.600. The Kier molecular flexibility index (Phi) is 5.48. The third-order valence-electron chi connectivity index (χ3n) is 2.21. The molecule has 0 fully saturated rings. The largest absolute Gasteiger partial charge is 0.367 e. The summed E-state index contributed by atoms with van der Waals surface area (Å²) in [6.45, 7) is -0.0806. The highest BCUT2D eigenvalue weighted by Crippen LogP contribution is 2.23. The van der Waals surface area contributed by atoms with Crippen molar-refractivity contribution in [3.8, 4) is 0 Å². The van der Waals surface area contributed by atoms with E-state index in [2.05, 4.69) is 25.8 Å². The second-order valence-corrected chi connectivity index (χ2v) is 4.49. The van der Waals surface area contributed by atoms with Gasteiger partial charge >= 0.3 is 12.3 Å². The molecular formula is C10H11BrF4N2O2. The van der Waals surface area contributed by atoms with Crippen molar-refractivity contribution in [2.45, 2.75) is 25.8 Å². The van der Waals surface area contributed by atoms with Gasteiger partial charge in [-0.1, -0.05) is 0 Å². The lowest BCUT2D eigenvalue weighted by Gasteiger charge is -2.14. The van der Waals surface area contributed by atoms with Crippen molar-refractivity contribution >= 4 is 21.7 Å². The van der Waals surface area contributed by atoms with Crippen molar-refractivity contribution in [2.24, 2.45) is 0 Å². The summed E-state index contributed by atoms with van der Waals surface area (Å²) in [5.74, 6) is -4.88. The molecule has 0 unspecified atom stereocenters. The Morgan fingerprint density at radius 2 is 2.21 bits per heavy atom. The molecule has 0 aliphatic rings. The van der Waals surface area contributed by atoms with Crippen molar-refractivity contribution < 1.29 is 27.1 Å². The van der Waals surface area contributed by atoms with E-state index in [0.717, 1.165) is 0 Å². The molecule has 0 radical (unpaired) electrons. The Balaban J connectivity index is 2.59. The molecule has 108 valence electrons. The van der Waals surface area contributed by atoms with Crippen LogP contribution in [0.15, 0.2) is 10.7 Å². The summed E-state index contributed by atoms with van der Waals surface area (Å²) >= 11 is 3.09. The van der Waals surface area contributed by atoms with Gasteiger partial charge in [0, 0.05) is 6.54 Å². The molecule has 1 rings (SSSR count). The molecule has 9 heteroatoms. The van der Waals surface area contributed by atoms with Crippen LogP contribution < -0.4 is 0 Å². The Morgan fingerprint density at radius 1 is 1.58 bits per heavy atom. The number of nitrogens with zero attached hydrogens (tertiary/aromatic N) is 2. The van der Waals surface area contributed by atoms with Gasteiger partial charge in [-0.05, 0) is 22.9 Å². The minimum atomic E-state index is -4.26. The average Bonchev–Trinajstić information content (AvgIpc) is 2.69. The van der Waals surface area contributed by atoms with Crippen LogP contribution >= 0.6 is 15.9 Å². The third kappa shape index (κ3) is 4.00. The number of Topliss-reactive ketones (excluding diaryl/α,β-unsaturated/α-hetero) is 1. The van der Waals surface area contributed by atoms with Gasteiger partial charge in [-0.2, -0.15) is 13.9 Å². The van der Waals surface area contributed by atoms with E-state index >= 15 is 0 Å². The number of carbonyl (C=O) groups excluding carboxylic acids is 1. The molecule has 0 aliphatic carbocycles. The molecule has 19 heavy (non-hydrogen) atoms. The minimum Gasteiger partial charge on any atom is -0.367 e. The maximum absolute atomic E-state index is 12.6. The van der Waals surface area contributed by atoms with Crippen LogP contribution in [-0.4, -0.2) is 41.1 Å². The summed E-state index contributed by atoms with van der Waals surface area (Å²) in [5.41, 5.74) is 0.155. The van der Waals surface area contributed by atoms with E-state index in [1.54, 1.807) is 6.92 Å². The normalized spacial score (nSPS) is 12.2. The predicted molar refractivity (Wildman–Crippen MR) is 61.7 cm³/mol. The molecule has 0 atom stereocenters. The molecule has 1 aromatic rings. The zero-order valence-electron chi connectivity index (χ0n) is 9.88. The van der Waals surface area contributed by atoms with Gasteiger partial charge in [0.15, 0.2) is 0 Å². The SMILES string of the molecule is CCn1ncc(Br)c1C(=O)COCC(F)(F)C(F)F. The number of carbonyl (C=O) groups is 1. The van der Waals surface area contributed by atoms with E-state index in [4.69, 9.17) is 0 Å². The molecule has 0 saturated carbocycles. The molecule has 1 heterocycles. The summed E-state index contributed by atoms with van der Waals surface area (Å²) in [5, 5.41) is 3.87. The molecule has 1 aromatic heterocycles. The molecule has 4 nitrogen and oxygen atoms in total. The fourth-order valence-corrected chi connectivity index (χ4v) is 1.81. The number of rotatable bonds is 7. The first-order chi connectivity index (χ1) is 8.79. The molecule has 0 bridgehead atoms. The average molecular weight is 347 g/mol. The highest BCUT2D eigenvalue weighted by atomic mass is 79.9. The maximum atomic E-state index is 12.6. The second kappa shape index (κ2) is 6.47. The lowest BCUT2D eigenvalue weighted by Crippen LogP contribution is -2.33. The number of aromatic nitrogens is 2. The Labute approximate surface area is 114 Å². The van der Waals surface area contributed by atoms with Crippen LogP contribution in [-0.2, 0) is 11.3 Å². The monoisotopic (exact) mass is 346 g/mol. The smallest absolute Gasteiger partial charge is 0.330 e. The van der Waals surface area contributed by atoms with Crippen LogP contribution in [0.1, 0.15) is 17.4 Å². The van der Waals surface area contributed by atoms with Crippen molar-refractivity contribution in [1.29, 1.82) is 0 Å². The van der Waals surface area contributed by atoms with Crippen LogP contribution in [0.4, 0.5) is 17.6 Å². The third-order valence-corrected chi connectivity index (χ3v) is 2.79. The number of hydrogen-bond acceptors (Lipinski definition) is 3. The summed E-state index contributed by atoms with van der Waals surface area (Å²) in [4.78, 5) is 11.7. The number of halogens is 5. The molecule has 0 aromatic carbocycles. The first-order valence-electron chi connectivity index (χ1n) is 5.27. The molecule has 0 amide bonds. The second-order valence-electron chi connectivity index (χ2n) is 3.63. The summed E-state index contributed by atoms with van der Waals surface area (Å²) in [6.07, 6.45) is -2.44. The standard InChI is InChI=1S/C10H11BrF4N2O2/c1-2-17-8(6(11)3-16-17)7(18)4-19-5-10(14,15)9(12)13/h3,9H,2,4-5H2,1H3. The van der Waals surface area contributed by atoms with Gasteiger partial charge in [0.05, 0.1) is 10.7 Å². The van der Waals surface area contributed by atoms with E-state index in [1.807, 2.05) is 0 Å². The van der Waals surface area contributed by atoms with Gasteiger partial charge in [-0.3, -0.25) is 9.48 Å². The van der Waals surface area contributed by atoms with Crippen molar-refractivity contribution in [1.82, 2.24) is 9.78 Å². The van der Waals surface area contributed by atoms with Crippen LogP contribution in [0.3, 0.4) is 0 Å².